The van der Waals surface area contributed by atoms with Crippen LogP contribution in [0.1, 0.15) is 46.2 Å². The van der Waals surface area contributed by atoms with Crippen molar-refractivity contribution in [2.45, 2.75) is 19.9 Å². The fourth-order valence-electron chi connectivity index (χ4n) is 3.01. The highest BCUT2D eigenvalue weighted by molar-refractivity contribution is 5.98. The van der Waals surface area contributed by atoms with E-state index >= 15 is 0 Å². The number of carbonyl (C=O) groups excluding carboxylic acids is 3. The molecule has 2 amide bonds. The summed E-state index contributed by atoms with van der Waals surface area (Å²) in [4.78, 5) is 36.3. The molecule has 0 aliphatic heterocycles. The second-order valence-electron chi connectivity index (χ2n) is 7.07. The summed E-state index contributed by atoms with van der Waals surface area (Å²) in [7, 11) is 0. The summed E-state index contributed by atoms with van der Waals surface area (Å²) in [6.07, 6.45) is 0. The molecule has 1 atom stereocenters. The van der Waals surface area contributed by atoms with Crippen molar-refractivity contribution < 1.29 is 19.1 Å². The van der Waals surface area contributed by atoms with E-state index in [9.17, 15) is 14.4 Å². The van der Waals surface area contributed by atoms with E-state index in [1.165, 1.54) is 6.92 Å². The summed E-state index contributed by atoms with van der Waals surface area (Å²) >= 11 is 0. The van der Waals surface area contributed by atoms with Crippen LogP contribution in [0.25, 0.3) is 0 Å². The molecular formula is C25H24N2O4. The van der Waals surface area contributed by atoms with Crippen molar-refractivity contribution in [3.8, 4) is 5.75 Å². The SMILES string of the molecule is CC(=O)c1ccc(NC(=O)COc2ccccc2C(=O)N[C@H](C)c2ccccc2)cc1. The van der Waals surface area contributed by atoms with Crippen LogP contribution in [-0.2, 0) is 4.79 Å². The highest BCUT2D eigenvalue weighted by Gasteiger charge is 2.16. The predicted octanol–water partition coefficient (Wildman–Crippen LogP) is 4.40. The molecule has 0 saturated carbocycles. The molecule has 0 bridgehead atoms. The van der Waals surface area contributed by atoms with Crippen LogP contribution in [0.3, 0.4) is 0 Å². The molecular weight excluding hydrogens is 392 g/mol. The number of benzene rings is 3. The predicted molar refractivity (Wildman–Crippen MR) is 119 cm³/mol. The monoisotopic (exact) mass is 416 g/mol. The molecule has 3 aromatic rings. The summed E-state index contributed by atoms with van der Waals surface area (Å²) in [5.74, 6) is -0.379. The molecule has 0 saturated heterocycles. The summed E-state index contributed by atoms with van der Waals surface area (Å²) < 4.78 is 5.61. The fourth-order valence-corrected chi connectivity index (χ4v) is 3.01. The number of hydrogen-bond acceptors (Lipinski definition) is 4. The Morgan fingerprint density at radius 2 is 1.52 bits per heavy atom. The van der Waals surface area contributed by atoms with Crippen LogP contribution in [0.5, 0.6) is 5.75 Å². The maximum Gasteiger partial charge on any atom is 0.262 e. The van der Waals surface area contributed by atoms with Crippen LogP contribution < -0.4 is 15.4 Å². The molecule has 0 aliphatic carbocycles. The largest absolute Gasteiger partial charge is 0.483 e. The average Bonchev–Trinajstić information content (AvgIpc) is 2.78. The Bertz CT molecular complexity index is 1060. The van der Waals surface area contributed by atoms with Gasteiger partial charge in [-0.05, 0) is 55.8 Å². The van der Waals surface area contributed by atoms with Gasteiger partial charge in [-0.2, -0.15) is 0 Å². The van der Waals surface area contributed by atoms with Crippen LogP contribution in [-0.4, -0.2) is 24.2 Å². The molecule has 0 aromatic heterocycles. The number of ketones is 1. The van der Waals surface area contributed by atoms with Gasteiger partial charge in [-0.25, -0.2) is 0 Å². The van der Waals surface area contributed by atoms with Crippen LogP contribution in [0.15, 0.2) is 78.9 Å². The highest BCUT2D eigenvalue weighted by atomic mass is 16.5. The summed E-state index contributed by atoms with van der Waals surface area (Å²) in [5.41, 5.74) is 2.47. The number of ether oxygens (including phenoxy) is 1. The van der Waals surface area contributed by atoms with Gasteiger partial charge in [0.2, 0.25) is 0 Å². The number of para-hydroxylation sites is 1. The first-order valence-corrected chi connectivity index (χ1v) is 9.92. The third kappa shape index (κ3) is 6.02. The van der Waals surface area contributed by atoms with Crippen molar-refractivity contribution >= 4 is 23.3 Å². The molecule has 0 unspecified atom stereocenters. The van der Waals surface area contributed by atoms with E-state index in [4.69, 9.17) is 4.74 Å². The smallest absolute Gasteiger partial charge is 0.262 e. The molecule has 0 spiro atoms. The lowest BCUT2D eigenvalue weighted by Crippen LogP contribution is -2.27. The van der Waals surface area contributed by atoms with Gasteiger partial charge in [-0.1, -0.05) is 42.5 Å². The van der Waals surface area contributed by atoms with Crippen molar-refractivity contribution in [2.24, 2.45) is 0 Å². The molecule has 158 valence electrons. The fraction of sp³-hybridized carbons (Fsp3) is 0.160. The van der Waals surface area contributed by atoms with Gasteiger partial charge in [-0.15, -0.1) is 0 Å². The Balaban J connectivity index is 1.60. The van der Waals surface area contributed by atoms with Crippen molar-refractivity contribution in [3.05, 3.63) is 95.6 Å². The third-order valence-electron chi connectivity index (χ3n) is 4.71. The van der Waals surface area contributed by atoms with E-state index in [0.717, 1.165) is 5.56 Å². The van der Waals surface area contributed by atoms with Crippen molar-refractivity contribution in [1.29, 1.82) is 0 Å². The Morgan fingerprint density at radius 1 is 0.871 bits per heavy atom. The molecule has 3 rings (SSSR count). The number of anilines is 1. The van der Waals surface area contributed by atoms with Gasteiger partial charge >= 0.3 is 0 Å². The number of amides is 2. The number of hydrogen-bond donors (Lipinski definition) is 2. The summed E-state index contributed by atoms with van der Waals surface area (Å²) in [6, 6.07) is 22.9. The molecule has 2 N–H and O–H groups in total. The molecule has 0 heterocycles. The summed E-state index contributed by atoms with van der Waals surface area (Å²) in [6.45, 7) is 3.13. The minimum atomic E-state index is -0.372. The molecule has 6 heteroatoms. The minimum absolute atomic E-state index is 0.0438. The first kappa shape index (κ1) is 21.8. The standard InChI is InChI=1S/C25H24N2O4/c1-17(19-8-4-3-5-9-19)26-25(30)22-10-6-7-11-23(22)31-16-24(29)27-21-14-12-20(13-15-21)18(2)28/h3-15,17H,16H2,1-2H3,(H,26,30)(H,27,29)/t17-/m1/s1. The first-order valence-electron chi connectivity index (χ1n) is 9.92. The maximum atomic E-state index is 12.8. The van der Waals surface area contributed by atoms with E-state index < -0.39 is 0 Å². The van der Waals surface area contributed by atoms with E-state index in [0.29, 0.717) is 22.6 Å². The normalized spacial score (nSPS) is 11.3. The average molecular weight is 416 g/mol. The van der Waals surface area contributed by atoms with E-state index in [1.807, 2.05) is 37.3 Å². The number of nitrogens with one attached hydrogen (secondary N) is 2. The minimum Gasteiger partial charge on any atom is -0.483 e. The van der Waals surface area contributed by atoms with Crippen LogP contribution in [0, 0.1) is 0 Å². The van der Waals surface area contributed by atoms with E-state index in [1.54, 1.807) is 48.5 Å². The van der Waals surface area contributed by atoms with Gasteiger partial charge in [0, 0.05) is 11.3 Å². The molecule has 3 aromatic carbocycles. The third-order valence-corrected chi connectivity index (χ3v) is 4.71. The second kappa shape index (κ2) is 10.2. The van der Waals surface area contributed by atoms with Gasteiger partial charge in [0.15, 0.2) is 12.4 Å². The van der Waals surface area contributed by atoms with Crippen LogP contribution >= 0.6 is 0 Å². The lowest BCUT2D eigenvalue weighted by atomic mass is 10.1. The van der Waals surface area contributed by atoms with E-state index in [-0.39, 0.29) is 30.2 Å². The van der Waals surface area contributed by atoms with Crippen molar-refractivity contribution in [1.82, 2.24) is 5.32 Å². The topological polar surface area (TPSA) is 84.5 Å². The lowest BCUT2D eigenvalue weighted by Gasteiger charge is -2.16. The quantitative estimate of drug-likeness (QED) is 0.533. The number of Topliss-reactive ketones (excluding diaryl/α,β-unsaturated/α-hetero) is 1. The van der Waals surface area contributed by atoms with Gasteiger partial charge < -0.3 is 15.4 Å². The van der Waals surface area contributed by atoms with Gasteiger partial charge in [0.05, 0.1) is 11.6 Å². The molecule has 31 heavy (non-hydrogen) atoms. The maximum absolute atomic E-state index is 12.8. The van der Waals surface area contributed by atoms with Gasteiger partial charge in [-0.3, -0.25) is 14.4 Å². The molecule has 0 aliphatic rings. The van der Waals surface area contributed by atoms with Gasteiger partial charge in [0.25, 0.3) is 11.8 Å². The number of carbonyl (C=O) groups is 3. The Hall–Kier alpha value is -3.93. The molecule has 6 nitrogen and oxygen atoms in total. The Labute approximate surface area is 181 Å². The van der Waals surface area contributed by atoms with Crippen molar-refractivity contribution in [3.63, 3.8) is 0 Å². The summed E-state index contributed by atoms with van der Waals surface area (Å²) in [5, 5.41) is 5.65. The zero-order valence-electron chi connectivity index (χ0n) is 17.4. The Morgan fingerprint density at radius 3 is 2.19 bits per heavy atom. The Kier molecular flexibility index (Phi) is 7.17. The van der Waals surface area contributed by atoms with Crippen LogP contribution in [0.2, 0.25) is 0 Å². The zero-order chi connectivity index (χ0) is 22.2. The first-order chi connectivity index (χ1) is 14.9. The number of rotatable bonds is 8. The van der Waals surface area contributed by atoms with Gasteiger partial charge in [0.1, 0.15) is 5.75 Å². The highest BCUT2D eigenvalue weighted by Crippen LogP contribution is 2.20. The molecule has 0 radical (unpaired) electrons. The lowest BCUT2D eigenvalue weighted by molar-refractivity contribution is -0.118. The van der Waals surface area contributed by atoms with E-state index in [2.05, 4.69) is 10.6 Å². The molecule has 0 fully saturated rings. The zero-order valence-corrected chi connectivity index (χ0v) is 17.4. The van der Waals surface area contributed by atoms with Crippen molar-refractivity contribution in [2.75, 3.05) is 11.9 Å². The van der Waals surface area contributed by atoms with Crippen LogP contribution in [0.4, 0.5) is 5.69 Å². The second-order valence-corrected chi connectivity index (χ2v) is 7.07.